The molecule has 1 radical (unpaired) electrons. The Balaban J connectivity index is -0.0000000267. The van der Waals surface area contributed by atoms with E-state index < -0.39 is 20.2 Å². The molecule has 0 aliphatic heterocycles. The zero-order valence-electron chi connectivity index (χ0n) is 6.64. The molecule has 0 aromatic rings. The van der Waals surface area contributed by atoms with Crippen molar-refractivity contribution in [2.75, 3.05) is 12.5 Å². The van der Waals surface area contributed by atoms with Crippen LogP contribution in [-0.2, 0) is 37.3 Å². The topological polar surface area (TPSA) is 177 Å². The summed E-state index contributed by atoms with van der Waals surface area (Å²) in [7, 11) is -7.83. The van der Waals surface area contributed by atoms with Crippen molar-refractivity contribution in [3.8, 4) is 0 Å². The number of hydrogen-bond donors (Lipinski definition) is 0. The molecule has 0 spiro atoms. The summed E-state index contributed by atoms with van der Waals surface area (Å²) in [6.45, 7) is 0. The maximum absolute atomic E-state index is 9.08. The molecule has 0 atom stereocenters. The molecule has 0 aromatic carbocycles. The summed E-state index contributed by atoms with van der Waals surface area (Å²) in [5, 5.41) is 0. The van der Waals surface area contributed by atoms with Gasteiger partial charge in [-0.05, 0) is 0 Å². The van der Waals surface area contributed by atoms with Gasteiger partial charge in [-0.15, -0.1) is 0 Å². The van der Waals surface area contributed by atoms with E-state index in [0.29, 0.717) is 12.5 Å². The SMILES string of the molecule is CS(=O)(=O)[O-].CS(=O)(=O)[O-].O.O.[Mn+2]. The van der Waals surface area contributed by atoms with E-state index in [1.165, 1.54) is 0 Å². The summed E-state index contributed by atoms with van der Waals surface area (Å²) in [4.78, 5) is 0. The van der Waals surface area contributed by atoms with E-state index in [0.717, 1.165) is 0 Å². The van der Waals surface area contributed by atoms with Crippen molar-refractivity contribution in [2.45, 2.75) is 0 Å². The molecule has 0 bridgehead atoms. The van der Waals surface area contributed by atoms with Crippen molar-refractivity contribution in [1.82, 2.24) is 0 Å². The zero-order chi connectivity index (χ0) is 9.00. The Morgan fingerprint density at radius 1 is 0.769 bits per heavy atom. The van der Waals surface area contributed by atoms with E-state index in [4.69, 9.17) is 25.9 Å². The van der Waals surface area contributed by atoms with Gasteiger partial charge in [-0.3, -0.25) is 0 Å². The molecule has 0 saturated heterocycles. The molecule has 0 saturated carbocycles. The Hall–Kier alpha value is 0.259. The van der Waals surface area contributed by atoms with Crippen LogP contribution in [0.2, 0.25) is 0 Å². The van der Waals surface area contributed by atoms with Crippen LogP contribution in [0, 0.1) is 0 Å². The molecule has 8 nitrogen and oxygen atoms in total. The van der Waals surface area contributed by atoms with Crippen LogP contribution in [0.4, 0.5) is 0 Å². The molecule has 0 aromatic heterocycles. The van der Waals surface area contributed by atoms with Gasteiger partial charge in [-0.2, -0.15) is 0 Å². The molecule has 0 aliphatic carbocycles. The summed E-state index contributed by atoms with van der Waals surface area (Å²) in [6, 6.07) is 0. The first-order chi connectivity index (χ1) is 4.00. The predicted molar refractivity (Wildman–Crippen MR) is 38.5 cm³/mol. The van der Waals surface area contributed by atoms with Crippen molar-refractivity contribution in [3.63, 3.8) is 0 Å². The number of rotatable bonds is 0. The molecule has 11 heteroatoms. The standard InChI is InChI=1S/2CH4O3S.Mn.2H2O/c2*1-5(2,3)4;;;/h2*1H3,(H,2,3,4);;2*1H2/q;;+2;;/p-2. The van der Waals surface area contributed by atoms with Gasteiger partial charge in [0.1, 0.15) is 0 Å². The fraction of sp³-hybridized carbons (Fsp3) is 1.00. The molecule has 0 rings (SSSR count). The maximum atomic E-state index is 9.08. The first-order valence-electron chi connectivity index (χ1n) is 1.82. The second kappa shape index (κ2) is 10.3. The Kier molecular flexibility index (Phi) is 23.2. The fourth-order valence-corrected chi connectivity index (χ4v) is 0. The van der Waals surface area contributed by atoms with Gasteiger partial charge in [0.25, 0.3) is 0 Å². The van der Waals surface area contributed by atoms with Crippen LogP contribution in [0.1, 0.15) is 0 Å². The molecular weight excluding hydrogens is 271 g/mol. The van der Waals surface area contributed by atoms with Crippen LogP contribution < -0.4 is 0 Å². The van der Waals surface area contributed by atoms with Gasteiger partial charge in [0.2, 0.25) is 0 Å². The van der Waals surface area contributed by atoms with Gasteiger partial charge in [0, 0.05) is 12.5 Å². The van der Waals surface area contributed by atoms with Gasteiger partial charge in [-0.25, -0.2) is 16.8 Å². The molecule has 0 aliphatic rings. The van der Waals surface area contributed by atoms with Crippen molar-refractivity contribution in [3.05, 3.63) is 0 Å². The summed E-state index contributed by atoms with van der Waals surface area (Å²) in [5.74, 6) is 0. The van der Waals surface area contributed by atoms with E-state index in [1.807, 2.05) is 0 Å². The van der Waals surface area contributed by atoms with E-state index in [-0.39, 0.29) is 28.0 Å². The maximum Gasteiger partial charge on any atom is 2.00 e. The first kappa shape index (κ1) is 29.2. The van der Waals surface area contributed by atoms with Crippen LogP contribution in [0.25, 0.3) is 0 Å². The average molecular weight is 281 g/mol. The third-order valence-electron chi connectivity index (χ3n) is 0. The minimum absolute atomic E-state index is 0. The van der Waals surface area contributed by atoms with Crippen LogP contribution in [0.15, 0.2) is 0 Å². The quantitative estimate of drug-likeness (QED) is 0.331. The van der Waals surface area contributed by atoms with Gasteiger partial charge in [0.15, 0.2) is 0 Å². The van der Waals surface area contributed by atoms with Crippen LogP contribution in [0.5, 0.6) is 0 Å². The normalized spacial score (nSPS) is 8.92. The minimum Gasteiger partial charge on any atom is -0.748 e. The Morgan fingerprint density at radius 3 is 0.769 bits per heavy atom. The molecule has 13 heavy (non-hydrogen) atoms. The van der Waals surface area contributed by atoms with Gasteiger partial charge >= 0.3 is 17.1 Å². The van der Waals surface area contributed by atoms with E-state index in [2.05, 4.69) is 0 Å². The summed E-state index contributed by atoms with van der Waals surface area (Å²) in [6.07, 6.45) is 1.21. The molecule has 0 fully saturated rings. The van der Waals surface area contributed by atoms with Crippen molar-refractivity contribution in [1.29, 1.82) is 0 Å². The summed E-state index contributed by atoms with van der Waals surface area (Å²) >= 11 is 0. The van der Waals surface area contributed by atoms with Crippen LogP contribution in [0.3, 0.4) is 0 Å². The van der Waals surface area contributed by atoms with Crippen molar-refractivity contribution in [2.24, 2.45) is 0 Å². The predicted octanol–water partition coefficient (Wildman–Crippen LogP) is -3.33. The van der Waals surface area contributed by atoms with Gasteiger partial charge < -0.3 is 20.1 Å². The molecule has 0 unspecified atom stereocenters. The molecule has 85 valence electrons. The molecular formula is C2H10MnO8S2. The monoisotopic (exact) mass is 281 g/mol. The van der Waals surface area contributed by atoms with Gasteiger partial charge in [0.05, 0.1) is 20.2 Å². The van der Waals surface area contributed by atoms with Crippen molar-refractivity contribution < 1.29 is 54.0 Å². The van der Waals surface area contributed by atoms with Crippen LogP contribution >= 0.6 is 0 Å². The van der Waals surface area contributed by atoms with Gasteiger partial charge in [-0.1, -0.05) is 0 Å². The first-order valence-corrected chi connectivity index (χ1v) is 5.45. The van der Waals surface area contributed by atoms with E-state index in [1.54, 1.807) is 0 Å². The Morgan fingerprint density at radius 2 is 0.769 bits per heavy atom. The number of hydrogen-bond acceptors (Lipinski definition) is 6. The smallest absolute Gasteiger partial charge is 0.748 e. The largest absolute Gasteiger partial charge is 2.00 e. The third-order valence-corrected chi connectivity index (χ3v) is 0. The fourth-order valence-electron chi connectivity index (χ4n) is 0. The Labute approximate surface area is 86.9 Å². The minimum atomic E-state index is -3.92. The summed E-state index contributed by atoms with van der Waals surface area (Å²) < 4.78 is 54.5. The molecule has 0 amide bonds. The second-order valence-electron chi connectivity index (χ2n) is 1.41. The third kappa shape index (κ3) is 19200. The van der Waals surface area contributed by atoms with E-state index >= 15 is 0 Å². The molecule has 0 heterocycles. The van der Waals surface area contributed by atoms with Crippen molar-refractivity contribution >= 4 is 20.2 Å². The van der Waals surface area contributed by atoms with Crippen LogP contribution in [-0.4, -0.2) is 49.4 Å². The average Bonchev–Trinajstić information content (AvgIpc) is 1.12. The molecule has 4 N–H and O–H groups in total. The summed E-state index contributed by atoms with van der Waals surface area (Å²) in [5.41, 5.74) is 0. The second-order valence-corrected chi connectivity index (χ2v) is 4.22. The van der Waals surface area contributed by atoms with E-state index in [9.17, 15) is 0 Å². The Bertz CT molecular complexity index is 217. The zero-order valence-corrected chi connectivity index (χ0v) is 9.46.